The number of carbonyl (C=O) groups excluding carboxylic acids is 1. The van der Waals surface area contributed by atoms with Crippen LogP contribution in [0.15, 0.2) is 78.4 Å². The maximum Gasteiger partial charge on any atom is 0.269 e. The fourth-order valence-corrected chi connectivity index (χ4v) is 2.71. The summed E-state index contributed by atoms with van der Waals surface area (Å²) in [6.45, 7) is 0.382. The Labute approximate surface area is 183 Å². The molecule has 0 heterocycles. The van der Waals surface area contributed by atoms with Crippen molar-refractivity contribution in [1.29, 1.82) is 5.26 Å². The number of nitro benzene ring substituents is 1. The zero-order chi connectivity index (χ0) is 22.2. The van der Waals surface area contributed by atoms with Gasteiger partial charge in [-0.25, -0.2) is 0 Å². The highest BCUT2D eigenvalue weighted by Crippen LogP contribution is 2.19. The number of carbonyl (C=O) groups is 1. The molecule has 3 aromatic carbocycles. The first-order valence-electron chi connectivity index (χ1n) is 9.09. The van der Waals surface area contributed by atoms with Crippen LogP contribution in [0.2, 0.25) is 5.02 Å². The van der Waals surface area contributed by atoms with Gasteiger partial charge in [-0.3, -0.25) is 14.9 Å². The van der Waals surface area contributed by atoms with E-state index < -0.39 is 10.8 Å². The third kappa shape index (κ3) is 6.16. The lowest BCUT2D eigenvalue weighted by atomic mass is 10.1. The average Bonchev–Trinajstić information content (AvgIpc) is 2.78. The number of hydrogen-bond acceptors (Lipinski definition) is 5. The minimum atomic E-state index is -0.612. The summed E-state index contributed by atoms with van der Waals surface area (Å²) in [7, 11) is 0. The van der Waals surface area contributed by atoms with E-state index in [1.807, 2.05) is 18.2 Å². The smallest absolute Gasteiger partial charge is 0.269 e. The molecule has 7 nitrogen and oxygen atoms in total. The quantitative estimate of drug-likeness (QED) is 0.233. The molecule has 31 heavy (non-hydrogen) atoms. The lowest BCUT2D eigenvalue weighted by Gasteiger charge is -2.07. The largest absolute Gasteiger partial charge is 0.489 e. The number of ether oxygens (including phenoxy) is 1. The molecule has 0 saturated heterocycles. The Balaban J connectivity index is 1.63. The molecule has 0 aliphatic heterocycles. The Bertz CT molecular complexity index is 1150. The normalized spacial score (nSPS) is 10.8. The monoisotopic (exact) mass is 433 g/mol. The molecule has 0 aliphatic rings. The number of nitriles is 1. The number of nitrogens with zero attached hydrogens (tertiary/aromatic N) is 2. The molecule has 154 valence electrons. The van der Waals surface area contributed by atoms with Crippen LogP contribution < -0.4 is 10.1 Å². The van der Waals surface area contributed by atoms with Gasteiger partial charge in [-0.05, 0) is 53.6 Å². The van der Waals surface area contributed by atoms with Crippen molar-refractivity contribution in [2.45, 2.75) is 6.61 Å². The van der Waals surface area contributed by atoms with Crippen LogP contribution in [-0.4, -0.2) is 10.8 Å². The molecular weight excluding hydrogens is 418 g/mol. The van der Waals surface area contributed by atoms with Gasteiger partial charge in [0.15, 0.2) is 0 Å². The summed E-state index contributed by atoms with van der Waals surface area (Å²) in [6.07, 6.45) is 1.45. The molecule has 1 amide bonds. The van der Waals surface area contributed by atoms with Crippen molar-refractivity contribution in [3.8, 4) is 11.8 Å². The second kappa shape index (κ2) is 10.1. The predicted octanol–water partition coefficient (Wildman–Crippen LogP) is 5.37. The maximum atomic E-state index is 12.3. The van der Waals surface area contributed by atoms with Gasteiger partial charge in [0.1, 0.15) is 24.0 Å². The summed E-state index contributed by atoms with van der Waals surface area (Å²) in [4.78, 5) is 22.5. The van der Waals surface area contributed by atoms with Gasteiger partial charge < -0.3 is 10.1 Å². The predicted molar refractivity (Wildman–Crippen MR) is 118 cm³/mol. The van der Waals surface area contributed by atoms with Gasteiger partial charge in [0.25, 0.3) is 11.6 Å². The number of benzene rings is 3. The molecule has 0 bridgehead atoms. The Morgan fingerprint density at radius 3 is 2.29 bits per heavy atom. The molecule has 0 radical (unpaired) electrons. The van der Waals surface area contributed by atoms with Gasteiger partial charge in [0.2, 0.25) is 0 Å². The fourth-order valence-electron chi connectivity index (χ4n) is 2.59. The molecule has 0 saturated carbocycles. The number of nitro groups is 1. The van der Waals surface area contributed by atoms with Crippen molar-refractivity contribution in [2.75, 3.05) is 5.32 Å². The highest BCUT2D eigenvalue weighted by atomic mass is 35.5. The lowest BCUT2D eigenvalue weighted by molar-refractivity contribution is -0.384. The van der Waals surface area contributed by atoms with Crippen molar-refractivity contribution in [1.82, 2.24) is 0 Å². The van der Waals surface area contributed by atoms with Gasteiger partial charge in [-0.15, -0.1) is 0 Å². The van der Waals surface area contributed by atoms with Crippen LogP contribution in [0.5, 0.6) is 5.75 Å². The van der Waals surface area contributed by atoms with Crippen LogP contribution in [0, 0.1) is 21.4 Å². The van der Waals surface area contributed by atoms with Crippen LogP contribution >= 0.6 is 11.6 Å². The van der Waals surface area contributed by atoms with Crippen LogP contribution in [0.1, 0.15) is 11.1 Å². The second-order valence-electron chi connectivity index (χ2n) is 6.41. The third-order valence-corrected chi connectivity index (χ3v) is 4.46. The number of hydrogen-bond donors (Lipinski definition) is 1. The summed E-state index contributed by atoms with van der Waals surface area (Å²) in [6, 6.07) is 21.5. The standard InChI is InChI=1S/C23H16ClN3O4/c24-19-5-1-17(2-6-19)15-31-22-11-3-16(4-12-22)13-18(14-25)23(28)26-20-7-9-21(10-8-20)27(29)30/h1-13H,15H2,(H,26,28)/b18-13+. The van der Waals surface area contributed by atoms with Crippen LogP contribution in [0.3, 0.4) is 0 Å². The minimum absolute atomic E-state index is 0.0904. The second-order valence-corrected chi connectivity index (χ2v) is 6.85. The zero-order valence-electron chi connectivity index (χ0n) is 16.1. The van der Waals surface area contributed by atoms with E-state index in [-0.39, 0.29) is 11.3 Å². The molecule has 0 fully saturated rings. The Morgan fingerprint density at radius 1 is 1.06 bits per heavy atom. The molecule has 0 spiro atoms. The molecule has 3 rings (SSSR count). The van der Waals surface area contributed by atoms with Gasteiger partial charge in [-0.2, -0.15) is 5.26 Å². The SMILES string of the molecule is N#C/C(=C\c1ccc(OCc2ccc(Cl)cc2)cc1)C(=O)Nc1ccc([N+](=O)[O-])cc1. The van der Waals surface area contributed by atoms with Crippen molar-refractivity contribution in [2.24, 2.45) is 0 Å². The van der Waals surface area contributed by atoms with Crippen LogP contribution in [0.25, 0.3) is 6.08 Å². The number of halogens is 1. The van der Waals surface area contributed by atoms with Crippen LogP contribution in [-0.2, 0) is 11.4 Å². The first-order chi connectivity index (χ1) is 14.9. The van der Waals surface area contributed by atoms with Crippen molar-refractivity contribution >= 4 is 35.0 Å². The van der Waals surface area contributed by atoms with Crippen molar-refractivity contribution in [3.63, 3.8) is 0 Å². The van der Waals surface area contributed by atoms with Gasteiger partial charge >= 0.3 is 0 Å². The molecule has 0 unspecified atom stereocenters. The molecule has 0 atom stereocenters. The van der Waals surface area contributed by atoms with E-state index in [9.17, 15) is 20.2 Å². The molecule has 8 heteroatoms. The van der Waals surface area contributed by atoms with Crippen LogP contribution in [0.4, 0.5) is 11.4 Å². The van der Waals surface area contributed by atoms with Crippen molar-refractivity contribution in [3.05, 3.63) is 105 Å². The molecule has 3 aromatic rings. The van der Waals surface area contributed by atoms with E-state index in [2.05, 4.69) is 5.32 Å². The molecule has 1 N–H and O–H groups in total. The Hall–Kier alpha value is -4.15. The van der Waals surface area contributed by atoms with E-state index >= 15 is 0 Å². The summed E-state index contributed by atoms with van der Waals surface area (Å²) in [5.41, 5.74) is 1.78. The number of non-ortho nitro benzene ring substituents is 1. The Kier molecular flexibility index (Phi) is 6.99. The minimum Gasteiger partial charge on any atom is -0.489 e. The van der Waals surface area contributed by atoms with Gasteiger partial charge in [0, 0.05) is 22.8 Å². The molecular formula is C23H16ClN3O4. The third-order valence-electron chi connectivity index (χ3n) is 4.21. The number of anilines is 1. The summed E-state index contributed by atoms with van der Waals surface area (Å²) in [5, 5.41) is 23.2. The van der Waals surface area contributed by atoms with E-state index in [1.165, 1.54) is 30.3 Å². The highest BCUT2D eigenvalue weighted by molar-refractivity contribution is 6.30. The first-order valence-corrected chi connectivity index (χ1v) is 9.47. The Morgan fingerprint density at radius 2 is 1.71 bits per heavy atom. The first kappa shape index (κ1) is 21.6. The van der Waals surface area contributed by atoms with Gasteiger partial charge in [-0.1, -0.05) is 35.9 Å². The molecule has 0 aliphatic carbocycles. The number of rotatable bonds is 7. The number of nitrogens with one attached hydrogen (secondary N) is 1. The van der Waals surface area contributed by atoms with E-state index in [0.29, 0.717) is 28.6 Å². The van der Waals surface area contributed by atoms with E-state index in [1.54, 1.807) is 36.4 Å². The fraction of sp³-hybridized carbons (Fsp3) is 0.0435. The maximum absolute atomic E-state index is 12.3. The van der Waals surface area contributed by atoms with E-state index in [0.717, 1.165) is 5.56 Å². The topological polar surface area (TPSA) is 105 Å². The van der Waals surface area contributed by atoms with E-state index in [4.69, 9.17) is 16.3 Å². The van der Waals surface area contributed by atoms with Gasteiger partial charge in [0.05, 0.1) is 4.92 Å². The highest BCUT2D eigenvalue weighted by Gasteiger charge is 2.11. The summed E-state index contributed by atoms with van der Waals surface area (Å²) in [5.74, 6) is 0.0281. The average molecular weight is 434 g/mol. The summed E-state index contributed by atoms with van der Waals surface area (Å²) >= 11 is 5.86. The zero-order valence-corrected chi connectivity index (χ0v) is 16.9. The number of amides is 1. The summed E-state index contributed by atoms with van der Waals surface area (Å²) < 4.78 is 5.72. The molecule has 0 aromatic heterocycles. The lowest BCUT2D eigenvalue weighted by Crippen LogP contribution is -2.13. The van der Waals surface area contributed by atoms with Crippen molar-refractivity contribution < 1.29 is 14.5 Å².